The number of carboxylic acids is 1. The molecule has 3 rings (SSSR count). The van der Waals surface area contributed by atoms with Gasteiger partial charge in [-0.15, -0.1) is 0 Å². The second-order valence-electron chi connectivity index (χ2n) is 8.39. The van der Waals surface area contributed by atoms with Crippen molar-refractivity contribution < 1.29 is 14.7 Å². The van der Waals surface area contributed by atoms with Crippen molar-refractivity contribution in [2.75, 3.05) is 6.54 Å². The first-order valence-electron chi connectivity index (χ1n) is 9.40. The molecule has 25 heavy (non-hydrogen) atoms. The Balaban J connectivity index is 1.82. The third-order valence-electron chi connectivity index (χ3n) is 5.17. The lowest BCUT2D eigenvalue weighted by Crippen LogP contribution is -2.44. The first kappa shape index (κ1) is 18.0. The minimum absolute atomic E-state index is 0.0153. The minimum Gasteiger partial charge on any atom is -0.481 e. The van der Waals surface area contributed by atoms with Crippen molar-refractivity contribution in [2.24, 2.45) is 0 Å². The van der Waals surface area contributed by atoms with E-state index in [1.165, 1.54) is 12.8 Å². The number of carbonyl (C=O) groups excluding carboxylic acids is 1. The largest absolute Gasteiger partial charge is 0.481 e. The number of nitrogens with zero attached hydrogens (tertiary/aromatic N) is 3. The predicted octanol–water partition coefficient (Wildman–Crippen LogP) is 3.38. The van der Waals surface area contributed by atoms with Crippen LogP contribution in [0.25, 0.3) is 0 Å². The molecule has 1 amide bonds. The highest BCUT2D eigenvalue weighted by atomic mass is 16.4. The molecule has 1 saturated carbocycles. The Hall–Kier alpha value is -1.85. The van der Waals surface area contributed by atoms with Gasteiger partial charge in [-0.05, 0) is 65.4 Å². The summed E-state index contributed by atoms with van der Waals surface area (Å²) in [6, 6.07) is 1.98. The van der Waals surface area contributed by atoms with Crippen molar-refractivity contribution in [1.82, 2.24) is 14.7 Å². The number of amides is 1. The number of likely N-dealkylation sites (tertiary alicyclic amines) is 1. The summed E-state index contributed by atoms with van der Waals surface area (Å²) in [6.45, 7) is 7.02. The van der Waals surface area contributed by atoms with Gasteiger partial charge >= 0.3 is 5.97 Å². The maximum Gasteiger partial charge on any atom is 0.303 e. The Bertz CT molecular complexity index is 655. The van der Waals surface area contributed by atoms with Gasteiger partial charge in [-0.25, -0.2) is 0 Å². The Morgan fingerprint density at radius 3 is 2.56 bits per heavy atom. The van der Waals surface area contributed by atoms with Crippen LogP contribution in [0.15, 0.2) is 6.07 Å². The summed E-state index contributed by atoms with van der Waals surface area (Å²) in [5.74, 6) is -0.316. The lowest BCUT2D eigenvalue weighted by atomic mass is 9.97. The molecule has 1 atom stereocenters. The summed E-state index contributed by atoms with van der Waals surface area (Å²) in [7, 11) is 0. The van der Waals surface area contributed by atoms with E-state index in [0.717, 1.165) is 25.0 Å². The van der Waals surface area contributed by atoms with Crippen LogP contribution in [0.4, 0.5) is 0 Å². The van der Waals surface area contributed by atoms with Gasteiger partial charge in [0.25, 0.3) is 5.91 Å². The highest BCUT2D eigenvalue weighted by Crippen LogP contribution is 2.42. The topological polar surface area (TPSA) is 75.4 Å². The van der Waals surface area contributed by atoms with Crippen molar-refractivity contribution in [1.29, 1.82) is 0 Å². The maximum absolute atomic E-state index is 13.1. The molecule has 1 N–H and O–H groups in total. The second kappa shape index (κ2) is 6.81. The van der Waals surface area contributed by atoms with Crippen LogP contribution in [0.2, 0.25) is 0 Å². The molecule has 2 heterocycles. The van der Waals surface area contributed by atoms with Crippen molar-refractivity contribution in [2.45, 2.75) is 83.2 Å². The Kier molecular flexibility index (Phi) is 4.89. The number of aromatic nitrogens is 2. The smallest absolute Gasteiger partial charge is 0.303 e. The highest BCUT2D eigenvalue weighted by molar-refractivity contribution is 5.92. The molecule has 1 aromatic rings. The quantitative estimate of drug-likeness (QED) is 0.886. The Morgan fingerprint density at radius 1 is 1.24 bits per heavy atom. The van der Waals surface area contributed by atoms with E-state index < -0.39 is 5.97 Å². The summed E-state index contributed by atoms with van der Waals surface area (Å²) in [6.07, 6.45) is 5.88. The molecule has 138 valence electrons. The average Bonchev–Trinajstić information content (AvgIpc) is 3.29. The number of hydrogen-bond donors (Lipinski definition) is 1. The molecule has 1 aliphatic carbocycles. The van der Waals surface area contributed by atoms with E-state index in [-0.39, 0.29) is 23.9 Å². The van der Waals surface area contributed by atoms with Crippen LogP contribution < -0.4 is 0 Å². The fraction of sp³-hybridized carbons (Fsp3) is 0.737. The van der Waals surface area contributed by atoms with Gasteiger partial charge in [0.05, 0.1) is 5.54 Å². The van der Waals surface area contributed by atoms with Gasteiger partial charge in [0.1, 0.15) is 0 Å². The summed E-state index contributed by atoms with van der Waals surface area (Å²) < 4.78 is 2.01. The highest BCUT2D eigenvalue weighted by Gasteiger charge is 2.35. The van der Waals surface area contributed by atoms with Crippen LogP contribution in [0, 0.1) is 0 Å². The number of piperidine rings is 1. The molecule has 6 nitrogen and oxygen atoms in total. The zero-order valence-corrected chi connectivity index (χ0v) is 15.5. The van der Waals surface area contributed by atoms with Crippen LogP contribution in [-0.2, 0) is 10.3 Å². The summed E-state index contributed by atoms with van der Waals surface area (Å²) >= 11 is 0. The molecule has 1 unspecified atom stereocenters. The zero-order chi connectivity index (χ0) is 18.2. The molecule has 0 radical (unpaired) electrons. The normalized spacial score (nSPS) is 21.4. The number of hydrogen-bond acceptors (Lipinski definition) is 3. The monoisotopic (exact) mass is 347 g/mol. The van der Waals surface area contributed by atoms with Gasteiger partial charge in [0, 0.05) is 30.6 Å². The second-order valence-corrected chi connectivity index (χ2v) is 8.39. The Morgan fingerprint density at radius 2 is 1.96 bits per heavy atom. The fourth-order valence-corrected chi connectivity index (χ4v) is 3.71. The van der Waals surface area contributed by atoms with Gasteiger partial charge in [0.2, 0.25) is 0 Å². The Labute approximate surface area is 149 Å². The third kappa shape index (κ3) is 4.05. The van der Waals surface area contributed by atoms with Gasteiger partial charge < -0.3 is 10.0 Å². The average molecular weight is 347 g/mol. The van der Waals surface area contributed by atoms with E-state index in [2.05, 4.69) is 25.9 Å². The lowest BCUT2D eigenvalue weighted by molar-refractivity contribution is -0.137. The van der Waals surface area contributed by atoms with E-state index >= 15 is 0 Å². The summed E-state index contributed by atoms with van der Waals surface area (Å²) in [5.41, 5.74) is 1.52. The number of carboxylic acid groups (broad SMARTS) is 1. The molecule has 1 aliphatic heterocycles. The molecular formula is C19H29N3O3. The number of aliphatic carboxylic acids is 1. The van der Waals surface area contributed by atoms with Crippen molar-refractivity contribution >= 4 is 11.9 Å². The van der Waals surface area contributed by atoms with Crippen LogP contribution in [-0.4, -0.2) is 44.3 Å². The predicted molar refractivity (Wildman–Crippen MR) is 94.7 cm³/mol. The molecule has 2 aliphatic rings. The standard InChI is InChI=1S/C19H29N3O3/c1-19(2,3)22-16(13-7-8-13)12-15(20-22)18(25)21-11-5-4-6-14(21)9-10-17(23)24/h12-14H,4-11H2,1-3H3,(H,23,24). The van der Waals surface area contributed by atoms with Gasteiger partial charge in [-0.1, -0.05) is 0 Å². The molecule has 1 aromatic heterocycles. The first-order valence-corrected chi connectivity index (χ1v) is 9.40. The van der Waals surface area contributed by atoms with Crippen molar-refractivity contribution in [3.05, 3.63) is 17.5 Å². The SMILES string of the molecule is CC(C)(C)n1nc(C(=O)N2CCCCC2CCC(=O)O)cc1C1CC1. The van der Waals surface area contributed by atoms with Crippen LogP contribution in [0.5, 0.6) is 0 Å². The molecule has 0 aromatic carbocycles. The first-order chi connectivity index (χ1) is 11.8. The third-order valence-corrected chi connectivity index (χ3v) is 5.17. The maximum atomic E-state index is 13.1. The zero-order valence-electron chi connectivity index (χ0n) is 15.5. The number of carbonyl (C=O) groups is 2. The van der Waals surface area contributed by atoms with E-state index in [0.29, 0.717) is 24.6 Å². The van der Waals surface area contributed by atoms with Crippen LogP contribution in [0.1, 0.15) is 87.8 Å². The van der Waals surface area contributed by atoms with Gasteiger partial charge in [-0.2, -0.15) is 5.10 Å². The molecule has 0 bridgehead atoms. The van der Waals surface area contributed by atoms with Gasteiger partial charge in [-0.3, -0.25) is 14.3 Å². The summed E-state index contributed by atoms with van der Waals surface area (Å²) in [4.78, 5) is 25.9. The van der Waals surface area contributed by atoms with E-state index in [4.69, 9.17) is 5.11 Å². The molecule has 0 spiro atoms. The molecule has 1 saturated heterocycles. The fourth-order valence-electron chi connectivity index (χ4n) is 3.71. The summed E-state index contributed by atoms with van der Waals surface area (Å²) in [5, 5.41) is 13.6. The van der Waals surface area contributed by atoms with E-state index in [1.807, 2.05) is 15.6 Å². The molecular weight excluding hydrogens is 318 g/mol. The number of rotatable bonds is 5. The molecule has 2 fully saturated rings. The van der Waals surface area contributed by atoms with E-state index in [9.17, 15) is 9.59 Å². The van der Waals surface area contributed by atoms with Gasteiger partial charge in [0.15, 0.2) is 5.69 Å². The van der Waals surface area contributed by atoms with Crippen LogP contribution >= 0.6 is 0 Å². The van der Waals surface area contributed by atoms with Crippen LogP contribution in [0.3, 0.4) is 0 Å². The lowest BCUT2D eigenvalue weighted by Gasteiger charge is -2.35. The molecule has 6 heteroatoms. The van der Waals surface area contributed by atoms with Crippen molar-refractivity contribution in [3.8, 4) is 0 Å². The van der Waals surface area contributed by atoms with E-state index in [1.54, 1.807) is 0 Å². The van der Waals surface area contributed by atoms with Crippen molar-refractivity contribution in [3.63, 3.8) is 0 Å². The minimum atomic E-state index is -0.800.